The third kappa shape index (κ3) is 2.42. The first kappa shape index (κ1) is 11.3. The van der Waals surface area contributed by atoms with Crippen LogP contribution >= 0.6 is 0 Å². The van der Waals surface area contributed by atoms with Crippen LogP contribution in [0, 0.1) is 0 Å². The molecule has 1 nitrogen and oxygen atoms in total. The van der Waals surface area contributed by atoms with Crippen molar-refractivity contribution < 1.29 is 17.5 Å². The van der Waals surface area contributed by atoms with E-state index in [0.29, 0.717) is 0 Å². The predicted octanol–water partition coefficient (Wildman–Crippen LogP) is -0.938. The van der Waals surface area contributed by atoms with Crippen LogP contribution in [-0.2, 0) is 5.41 Å². The van der Waals surface area contributed by atoms with Crippen molar-refractivity contribution in [3.63, 3.8) is 0 Å². The largest absolute Gasteiger partial charge is 1.00 e. The van der Waals surface area contributed by atoms with Gasteiger partial charge in [0.2, 0.25) is 0 Å². The van der Waals surface area contributed by atoms with Gasteiger partial charge >= 0.3 is 0 Å². The Balaban J connectivity index is 0.00000121. The van der Waals surface area contributed by atoms with Gasteiger partial charge in [-0.05, 0) is 5.41 Å². The van der Waals surface area contributed by atoms with Gasteiger partial charge in [-0.1, -0.05) is 50.6 Å². The third-order valence-electron chi connectivity index (χ3n) is 1.70. The molecule has 0 N–H and O–H groups in total. The van der Waals surface area contributed by atoms with Crippen LogP contribution in [0.1, 0.15) is 26.3 Å². The quantitative estimate of drug-likeness (QED) is 0.511. The Hall–Kier alpha value is -0.690. The summed E-state index contributed by atoms with van der Waals surface area (Å²) in [6.07, 6.45) is 0. The van der Waals surface area contributed by atoms with Crippen molar-refractivity contribution in [2.75, 3.05) is 0 Å². The number of para-hydroxylation sites is 1. The minimum atomic E-state index is -0.0294. The van der Waals surface area contributed by atoms with Gasteiger partial charge in [-0.15, -0.1) is 5.75 Å². The first-order chi connectivity index (χ1) is 5.02. The number of rotatable bonds is 0. The molecule has 0 aliphatic rings. The summed E-state index contributed by atoms with van der Waals surface area (Å²) in [5, 5.41) is 11.3. The molecule has 0 bridgehead atoms. The first-order valence-corrected chi connectivity index (χ1v) is 3.78. The highest BCUT2D eigenvalue weighted by molar-refractivity contribution is 5.35. The van der Waals surface area contributed by atoms with E-state index in [1.54, 1.807) is 12.1 Å². The van der Waals surface area contributed by atoms with Crippen molar-refractivity contribution in [3.05, 3.63) is 29.8 Å². The summed E-state index contributed by atoms with van der Waals surface area (Å²) in [5.74, 6) is 0.139. The van der Waals surface area contributed by atoms with E-state index in [1.165, 1.54) is 0 Å². The maximum Gasteiger partial charge on any atom is -0.0138 e. The standard InChI is InChI=1S/C10H14O.ClH/c1-10(2,3)8-6-4-5-7-9(8)11;/h4-7,11H,1-3H3;1H/p-2. The molecule has 68 valence electrons. The second-order valence-electron chi connectivity index (χ2n) is 3.75. The molecule has 0 saturated carbocycles. The van der Waals surface area contributed by atoms with Gasteiger partial charge in [0, 0.05) is 0 Å². The summed E-state index contributed by atoms with van der Waals surface area (Å²) < 4.78 is 0. The van der Waals surface area contributed by atoms with E-state index in [0.717, 1.165) is 5.56 Å². The van der Waals surface area contributed by atoms with E-state index in [2.05, 4.69) is 0 Å². The lowest BCUT2D eigenvalue weighted by Gasteiger charge is -2.25. The molecule has 0 aliphatic heterocycles. The van der Waals surface area contributed by atoms with Crippen molar-refractivity contribution in [2.24, 2.45) is 0 Å². The van der Waals surface area contributed by atoms with Crippen LogP contribution in [0.25, 0.3) is 0 Å². The average molecular weight is 185 g/mol. The fraction of sp³-hybridized carbons (Fsp3) is 0.400. The molecule has 0 fully saturated rings. The topological polar surface area (TPSA) is 23.1 Å². The van der Waals surface area contributed by atoms with Crippen LogP contribution in [0.4, 0.5) is 0 Å². The van der Waals surface area contributed by atoms with Gasteiger partial charge in [0.05, 0.1) is 0 Å². The molecule has 1 rings (SSSR count). The smallest absolute Gasteiger partial charge is 0.0138 e. The van der Waals surface area contributed by atoms with Gasteiger partial charge in [-0.25, -0.2) is 0 Å². The van der Waals surface area contributed by atoms with Gasteiger partial charge in [-0.3, -0.25) is 0 Å². The lowest BCUT2D eigenvalue weighted by Crippen LogP contribution is -3.00. The molecule has 0 atom stereocenters. The molecule has 1 aromatic carbocycles. The molecule has 0 amide bonds. The van der Waals surface area contributed by atoms with Gasteiger partial charge in [0.1, 0.15) is 0 Å². The highest BCUT2D eigenvalue weighted by Crippen LogP contribution is 2.27. The normalized spacial score (nSPS) is 10.6. The van der Waals surface area contributed by atoms with E-state index in [9.17, 15) is 5.11 Å². The Labute approximate surface area is 79.8 Å². The summed E-state index contributed by atoms with van der Waals surface area (Å²) in [6, 6.07) is 7.18. The van der Waals surface area contributed by atoms with Crippen LogP contribution in [0.5, 0.6) is 5.75 Å². The number of halogens is 1. The SMILES string of the molecule is CC(C)(C)c1ccccc1[O-].[Cl-]. The van der Waals surface area contributed by atoms with E-state index >= 15 is 0 Å². The molecule has 2 heteroatoms. The molecule has 1 aromatic rings. The van der Waals surface area contributed by atoms with Crippen molar-refractivity contribution in [1.82, 2.24) is 0 Å². The molecule has 0 unspecified atom stereocenters. The molecule has 0 radical (unpaired) electrons. The number of hydrogen-bond acceptors (Lipinski definition) is 1. The van der Waals surface area contributed by atoms with Crippen LogP contribution in [0.15, 0.2) is 24.3 Å². The Morgan fingerprint density at radius 1 is 1.08 bits per heavy atom. The second-order valence-corrected chi connectivity index (χ2v) is 3.75. The van der Waals surface area contributed by atoms with Crippen molar-refractivity contribution in [1.29, 1.82) is 0 Å². The van der Waals surface area contributed by atoms with E-state index in [-0.39, 0.29) is 23.6 Å². The van der Waals surface area contributed by atoms with E-state index in [4.69, 9.17) is 0 Å². The number of benzene rings is 1. The zero-order chi connectivity index (χ0) is 8.48. The molecule has 0 aromatic heterocycles. The maximum atomic E-state index is 11.3. The lowest BCUT2D eigenvalue weighted by molar-refractivity contribution is -0.270. The molecular formula is C10H13ClO-2. The summed E-state index contributed by atoms with van der Waals surface area (Å²) >= 11 is 0. The summed E-state index contributed by atoms with van der Waals surface area (Å²) in [6.45, 7) is 6.14. The van der Waals surface area contributed by atoms with Crippen LogP contribution in [0.3, 0.4) is 0 Å². The van der Waals surface area contributed by atoms with Crippen molar-refractivity contribution in [2.45, 2.75) is 26.2 Å². The summed E-state index contributed by atoms with van der Waals surface area (Å²) in [7, 11) is 0. The van der Waals surface area contributed by atoms with Gasteiger partial charge in [0.15, 0.2) is 0 Å². The van der Waals surface area contributed by atoms with Crippen molar-refractivity contribution >= 4 is 0 Å². The molecule has 0 spiro atoms. The van der Waals surface area contributed by atoms with Crippen LogP contribution in [0.2, 0.25) is 0 Å². The Bertz CT molecular complexity index is 250. The summed E-state index contributed by atoms with van der Waals surface area (Å²) in [5.41, 5.74) is 0.859. The molecule has 0 heterocycles. The Kier molecular flexibility index (Phi) is 3.59. The van der Waals surface area contributed by atoms with Gasteiger partial charge in [-0.2, -0.15) is 0 Å². The predicted molar refractivity (Wildman–Crippen MR) is 44.6 cm³/mol. The van der Waals surface area contributed by atoms with E-state index < -0.39 is 0 Å². The highest BCUT2D eigenvalue weighted by Gasteiger charge is 2.12. The third-order valence-corrected chi connectivity index (χ3v) is 1.70. The monoisotopic (exact) mass is 184 g/mol. The Morgan fingerprint density at radius 3 is 1.92 bits per heavy atom. The minimum absolute atomic E-state index is 0. The second kappa shape index (κ2) is 3.81. The van der Waals surface area contributed by atoms with E-state index in [1.807, 2.05) is 32.9 Å². The zero-order valence-electron chi connectivity index (χ0n) is 7.60. The molecule has 0 saturated heterocycles. The molecule has 12 heavy (non-hydrogen) atoms. The maximum absolute atomic E-state index is 11.3. The fourth-order valence-electron chi connectivity index (χ4n) is 1.09. The van der Waals surface area contributed by atoms with Crippen LogP contribution in [-0.4, -0.2) is 0 Å². The lowest BCUT2D eigenvalue weighted by atomic mass is 9.86. The van der Waals surface area contributed by atoms with Gasteiger partial charge in [0.25, 0.3) is 0 Å². The molecular weight excluding hydrogens is 172 g/mol. The summed E-state index contributed by atoms with van der Waals surface area (Å²) in [4.78, 5) is 0. The zero-order valence-corrected chi connectivity index (χ0v) is 8.35. The van der Waals surface area contributed by atoms with Crippen LogP contribution < -0.4 is 17.5 Å². The Morgan fingerprint density at radius 2 is 1.58 bits per heavy atom. The van der Waals surface area contributed by atoms with Gasteiger partial charge < -0.3 is 17.5 Å². The first-order valence-electron chi connectivity index (χ1n) is 3.78. The average Bonchev–Trinajstić information content (AvgIpc) is 1.86. The number of hydrogen-bond donors (Lipinski definition) is 0. The fourth-order valence-corrected chi connectivity index (χ4v) is 1.09. The van der Waals surface area contributed by atoms with Crippen molar-refractivity contribution in [3.8, 4) is 5.75 Å². The highest BCUT2D eigenvalue weighted by atomic mass is 35.5. The minimum Gasteiger partial charge on any atom is -1.00 e. The molecule has 0 aliphatic carbocycles.